The van der Waals surface area contributed by atoms with Crippen molar-refractivity contribution in [1.82, 2.24) is 4.98 Å². The van der Waals surface area contributed by atoms with Crippen LogP contribution in [-0.4, -0.2) is 10.9 Å². The minimum Gasteiger partial charge on any atom is -0.262 e. The SMILES string of the molecule is O=C=Cc1c(Cl)cncc1Cl. The maximum atomic E-state index is 9.96. The molecule has 0 bridgehead atoms. The lowest BCUT2D eigenvalue weighted by molar-refractivity contribution is 0.570. The molecular formula is C7H3Cl2NO. The van der Waals surface area contributed by atoms with Gasteiger partial charge in [0.25, 0.3) is 0 Å². The van der Waals surface area contributed by atoms with Gasteiger partial charge >= 0.3 is 0 Å². The molecule has 0 aliphatic heterocycles. The van der Waals surface area contributed by atoms with E-state index in [-0.39, 0.29) is 0 Å². The Morgan fingerprint density at radius 1 is 1.36 bits per heavy atom. The highest BCUT2D eigenvalue weighted by Crippen LogP contribution is 2.22. The van der Waals surface area contributed by atoms with Crippen molar-refractivity contribution in [3.8, 4) is 0 Å². The third kappa shape index (κ3) is 1.81. The second-order valence-electron chi connectivity index (χ2n) is 1.78. The van der Waals surface area contributed by atoms with E-state index in [9.17, 15) is 4.79 Å². The maximum absolute atomic E-state index is 9.96. The summed E-state index contributed by atoms with van der Waals surface area (Å²) in [6.07, 6.45) is 4.00. The number of pyridine rings is 1. The minimum atomic E-state index is 0.348. The highest BCUT2D eigenvalue weighted by atomic mass is 35.5. The molecule has 0 radical (unpaired) electrons. The number of carbonyl (C=O) groups excluding carboxylic acids is 1. The van der Waals surface area contributed by atoms with Gasteiger partial charge < -0.3 is 0 Å². The highest BCUT2D eigenvalue weighted by Gasteiger charge is 2.01. The van der Waals surface area contributed by atoms with E-state index in [2.05, 4.69) is 4.98 Å². The van der Waals surface area contributed by atoms with Gasteiger partial charge in [-0.1, -0.05) is 23.2 Å². The first-order valence-electron chi connectivity index (χ1n) is 2.75. The average molecular weight is 188 g/mol. The number of nitrogens with zero attached hydrogens (tertiary/aromatic N) is 1. The van der Waals surface area contributed by atoms with Gasteiger partial charge in [-0.3, -0.25) is 4.98 Å². The van der Waals surface area contributed by atoms with Gasteiger partial charge in [-0.05, 0) is 0 Å². The summed E-state index contributed by atoms with van der Waals surface area (Å²) < 4.78 is 0. The van der Waals surface area contributed by atoms with Crippen LogP contribution < -0.4 is 0 Å². The summed E-state index contributed by atoms with van der Waals surface area (Å²) in [5, 5.41) is 0.696. The molecule has 0 atom stereocenters. The van der Waals surface area contributed by atoms with Crippen LogP contribution in [0, 0.1) is 0 Å². The van der Waals surface area contributed by atoms with Gasteiger partial charge in [0.1, 0.15) is 5.94 Å². The summed E-state index contributed by atoms with van der Waals surface area (Å²) in [5.41, 5.74) is 0.457. The fourth-order valence-corrected chi connectivity index (χ4v) is 1.09. The second-order valence-corrected chi connectivity index (χ2v) is 2.59. The number of halogens is 2. The van der Waals surface area contributed by atoms with Crippen molar-refractivity contribution in [1.29, 1.82) is 0 Å². The van der Waals surface area contributed by atoms with Gasteiger partial charge in [-0.25, -0.2) is 4.79 Å². The Labute approximate surface area is 73.5 Å². The van der Waals surface area contributed by atoms with Crippen LogP contribution in [-0.2, 0) is 4.79 Å². The predicted molar refractivity (Wildman–Crippen MR) is 44.4 cm³/mol. The summed E-state index contributed by atoms with van der Waals surface area (Å²) in [7, 11) is 0. The molecule has 0 saturated carbocycles. The molecule has 0 saturated heterocycles. The molecule has 0 aromatic carbocycles. The lowest BCUT2D eigenvalue weighted by Crippen LogP contribution is -1.80. The van der Waals surface area contributed by atoms with Crippen LogP contribution in [0.4, 0.5) is 0 Å². The molecule has 0 amide bonds. The van der Waals surface area contributed by atoms with Gasteiger partial charge in [-0.15, -0.1) is 0 Å². The minimum absolute atomic E-state index is 0.348. The van der Waals surface area contributed by atoms with Crippen LogP contribution in [0.5, 0.6) is 0 Å². The first-order valence-corrected chi connectivity index (χ1v) is 3.51. The van der Waals surface area contributed by atoms with E-state index in [1.54, 1.807) is 5.94 Å². The molecule has 0 aliphatic rings. The standard InChI is InChI=1S/C7H3Cl2NO/c8-6-3-10-4-7(9)5(6)1-2-11/h1,3-4H. The Morgan fingerprint density at radius 2 is 1.91 bits per heavy atom. The molecule has 2 nitrogen and oxygen atoms in total. The van der Waals surface area contributed by atoms with Crippen LogP contribution in [0.3, 0.4) is 0 Å². The van der Waals surface area contributed by atoms with E-state index < -0.39 is 0 Å². The van der Waals surface area contributed by atoms with Crippen molar-refractivity contribution in [3.63, 3.8) is 0 Å². The largest absolute Gasteiger partial charge is 0.262 e. The molecule has 1 heterocycles. The normalized spacial score (nSPS) is 8.91. The van der Waals surface area contributed by atoms with E-state index >= 15 is 0 Å². The van der Waals surface area contributed by atoms with Gasteiger partial charge in [0.05, 0.1) is 10.0 Å². The van der Waals surface area contributed by atoms with Crippen molar-refractivity contribution in [2.45, 2.75) is 0 Å². The third-order valence-electron chi connectivity index (χ3n) is 1.09. The zero-order valence-electron chi connectivity index (χ0n) is 5.34. The van der Waals surface area contributed by atoms with Gasteiger partial charge in [0, 0.05) is 24.0 Å². The topological polar surface area (TPSA) is 30.0 Å². The maximum Gasteiger partial charge on any atom is 0.125 e. The first kappa shape index (κ1) is 8.28. The molecule has 0 spiro atoms. The summed E-state index contributed by atoms with van der Waals surface area (Å²) >= 11 is 11.3. The molecular weight excluding hydrogens is 185 g/mol. The van der Waals surface area contributed by atoms with Crippen LogP contribution in [0.2, 0.25) is 10.0 Å². The Bertz CT molecular complexity index is 298. The Kier molecular flexibility index (Phi) is 2.66. The Hall–Kier alpha value is -0.820. The van der Waals surface area contributed by atoms with E-state index in [0.29, 0.717) is 15.6 Å². The molecule has 1 aromatic rings. The summed E-state index contributed by atoms with van der Waals surface area (Å²) in [6, 6.07) is 0. The molecule has 0 fully saturated rings. The Morgan fingerprint density at radius 3 is 2.36 bits per heavy atom. The summed E-state index contributed by atoms with van der Waals surface area (Å²) in [5.74, 6) is 1.59. The van der Waals surface area contributed by atoms with Crippen molar-refractivity contribution >= 4 is 35.2 Å². The van der Waals surface area contributed by atoms with Crippen LogP contribution in [0.15, 0.2) is 12.4 Å². The molecule has 0 aliphatic carbocycles. The van der Waals surface area contributed by atoms with E-state index in [4.69, 9.17) is 23.2 Å². The Balaban J connectivity index is 3.31. The number of rotatable bonds is 1. The van der Waals surface area contributed by atoms with Crippen LogP contribution in [0.25, 0.3) is 6.08 Å². The quantitative estimate of drug-likeness (QED) is 0.632. The van der Waals surface area contributed by atoms with Crippen LogP contribution >= 0.6 is 23.2 Å². The lowest BCUT2D eigenvalue weighted by atomic mass is 10.3. The van der Waals surface area contributed by atoms with Crippen molar-refractivity contribution in [2.24, 2.45) is 0 Å². The van der Waals surface area contributed by atoms with E-state index in [1.807, 2.05) is 0 Å². The van der Waals surface area contributed by atoms with Crippen molar-refractivity contribution in [2.75, 3.05) is 0 Å². The smallest absolute Gasteiger partial charge is 0.125 e. The van der Waals surface area contributed by atoms with Crippen LogP contribution in [0.1, 0.15) is 5.56 Å². The van der Waals surface area contributed by atoms with E-state index in [0.717, 1.165) is 0 Å². The first-order chi connectivity index (χ1) is 5.25. The second kappa shape index (κ2) is 3.54. The molecule has 56 valence electrons. The molecule has 4 heteroatoms. The zero-order chi connectivity index (χ0) is 8.27. The third-order valence-corrected chi connectivity index (χ3v) is 1.70. The fourth-order valence-electron chi connectivity index (χ4n) is 0.618. The zero-order valence-corrected chi connectivity index (χ0v) is 6.86. The highest BCUT2D eigenvalue weighted by molar-refractivity contribution is 6.37. The van der Waals surface area contributed by atoms with Gasteiger partial charge in [0.15, 0.2) is 0 Å². The van der Waals surface area contributed by atoms with Gasteiger partial charge in [-0.2, -0.15) is 0 Å². The van der Waals surface area contributed by atoms with E-state index in [1.165, 1.54) is 18.5 Å². The predicted octanol–water partition coefficient (Wildman–Crippen LogP) is 2.23. The monoisotopic (exact) mass is 187 g/mol. The van der Waals surface area contributed by atoms with Crippen molar-refractivity contribution < 1.29 is 4.79 Å². The number of hydrogen-bond donors (Lipinski definition) is 0. The number of hydrogen-bond acceptors (Lipinski definition) is 2. The average Bonchev–Trinajstić information content (AvgIpc) is 1.97. The molecule has 1 aromatic heterocycles. The lowest BCUT2D eigenvalue weighted by Gasteiger charge is -1.96. The molecule has 0 unspecified atom stereocenters. The molecule has 1 rings (SSSR count). The molecule has 11 heavy (non-hydrogen) atoms. The summed E-state index contributed by atoms with van der Waals surface area (Å²) in [4.78, 5) is 13.7. The number of aromatic nitrogens is 1. The fraction of sp³-hybridized carbons (Fsp3) is 0. The van der Waals surface area contributed by atoms with Crippen molar-refractivity contribution in [3.05, 3.63) is 28.0 Å². The van der Waals surface area contributed by atoms with Gasteiger partial charge in [0.2, 0.25) is 0 Å². The molecule has 0 N–H and O–H groups in total. The summed E-state index contributed by atoms with van der Waals surface area (Å²) in [6.45, 7) is 0.